The second-order valence-electron chi connectivity index (χ2n) is 5.60. The lowest BCUT2D eigenvalue weighted by molar-refractivity contribution is 0.0284. The van der Waals surface area contributed by atoms with Crippen LogP contribution in [0.15, 0.2) is 67.0 Å². The van der Waals surface area contributed by atoms with Gasteiger partial charge < -0.3 is 15.2 Å². The number of benzene rings is 2. The number of hydrogen-bond acceptors (Lipinski definition) is 4. The van der Waals surface area contributed by atoms with Gasteiger partial charge in [-0.05, 0) is 28.5 Å². The average molecular weight is 373 g/mol. The van der Waals surface area contributed by atoms with Crippen molar-refractivity contribution in [3.63, 3.8) is 0 Å². The van der Waals surface area contributed by atoms with Gasteiger partial charge in [0.05, 0.1) is 18.8 Å². The number of aliphatic hydroxyl groups excluding tert-OH is 1. The van der Waals surface area contributed by atoms with Crippen LogP contribution in [0.4, 0.5) is 0 Å². The summed E-state index contributed by atoms with van der Waals surface area (Å²) in [7, 11) is 0. The Morgan fingerprint density at radius 1 is 1.12 bits per heavy atom. The third kappa shape index (κ3) is 4.79. The molecule has 0 spiro atoms. The minimum absolute atomic E-state index is 0. The first-order valence-corrected chi connectivity index (χ1v) is 8.18. The number of pyridine rings is 1. The number of hydrogen-bond donors (Lipinski definition) is 2. The molecule has 136 valence electrons. The molecule has 0 aliphatic rings. The Morgan fingerprint density at radius 3 is 2.69 bits per heavy atom. The molecule has 6 heteroatoms. The summed E-state index contributed by atoms with van der Waals surface area (Å²) in [6.45, 7) is 0.441. The van der Waals surface area contributed by atoms with Crippen molar-refractivity contribution in [3.8, 4) is 0 Å². The topological polar surface area (TPSA) is 71.5 Å². The number of carbonyl (C=O) groups excluding carboxylic acids is 1. The molecule has 0 saturated carbocycles. The highest BCUT2D eigenvalue weighted by atomic mass is 35.5. The molecule has 3 rings (SSSR count). The molecule has 1 unspecified atom stereocenters. The van der Waals surface area contributed by atoms with Crippen LogP contribution >= 0.6 is 12.4 Å². The summed E-state index contributed by atoms with van der Waals surface area (Å²) in [5.41, 5.74) is 1.49. The van der Waals surface area contributed by atoms with E-state index < -0.39 is 0 Å². The van der Waals surface area contributed by atoms with Crippen molar-refractivity contribution >= 4 is 29.1 Å². The zero-order valence-electron chi connectivity index (χ0n) is 14.2. The van der Waals surface area contributed by atoms with E-state index in [-0.39, 0.29) is 37.6 Å². The van der Waals surface area contributed by atoms with Crippen LogP contribution in [0.25, 0.3) is 10.8 Å². The SMILES string of the molecule is Cl.O=C(NCC(OCCO)c1cccc2ccccc12)c1cccnc1. The third-order valence-electron chi connectivity index (χ3n) is 3.95. The molecule has 0 saturated heterocycles. The highest BCUT2D eigenvalue weighted by molar-refractivity contribution is 5.94. The van der Waals surface area contributed by atoms with E-state index in [1.165, 1.54) is 6.20 Å². The number of fused-ring (bicyclic) bond motifs is 1. The monoisotopic (exact) mass is 372 g/mol. The van der Waals surface area contributed by atoms with Crippen LogP contribution in [0.3, 0.4) is 0 Å². The van der Waals surface area contributed by atoms with Gasteiger partial charge in [-0.3, -0.25) is 9.78 Å². The molecule has 0 fully saturated rings. The standard InChI is InChI=1S/C20H20N2O3.ClH/c23-11-12-25-19(14-22-20(24)16-7-4-10-21-13-16)18-9-3-6-15-5-1-2-8-17(15)18;/h1-10,13,19,23H,11-12,14H2,(H,22,24);1H. The molecule has 1 heterocycles. The molecule has 0 aliphatic heterocycles. The van der Waals surface area contributed by atoms with E-state index in [4.69, 9.17) is 9.84 Å². The lowest BCUT2D eigenvalue weighted by atomic mass is 10.00. The van der Waals surface area contributed by atoms with E-state index >= 15 is 0 Å². The Kier molecular flexibility index (Phi) is 7.53. The predicted molar refractivity (Wildman–Crippen MR) is 104 cm³/mol. The second kappa shape index (κ2) is 9.87. The Morgan fingerprint density at radius 2 is 1.92 bits per heavy atom. The number of aromatic nitrogens is 1. The molecule has 0 aliphatic carbocycles. The predicted octanol–water partition coefficient (Wildman–Crippen LogP) is 3.14. The average Bonchev–Trinajstić information content (AvgIpc) is 2.68. The molecule has 2 aromatic carbocycles. The van der Waals surface area contributed by atoms with Crippen LogP contribution in [0.5, 0.6) is 0 Å². The van der Waals surface area contributed by atoms with Crippen LogP contribution in [0.2, 0.25) is 0 Å². The Hall–Kier alpha value is -2.47. The summed E-state index contributed by atoms with van der Waals surface area (Å²) in [4.78, 5) is 16.2. The van der Waals surface area contributed by atoms with E-state index in [0.717, 1.165) is 16.3 Å². The number of carbonyl (C=O) groups is 1. The number of nitrogens with zero attached hydrogens (tertiary/aromatic N) is 1. The summed E-state index contributed by atoms with van der Waals surface area (Å²) in [6, 6.07) is 17.5. The summed E-state index contributed by atoms with van der Waals surface area (Å²) in [6.07, 6.45) is 2.80. The van der Waals surface area contributed by atoms with Gasteiger partial charge in [0.15, 0.2) is 0 Å². The fraction of sp³-hybridized carbons (Fsp3) is 0.200. The van der Waals surface area contributed by atoms with Crippen molar-refractivity contribution in [2.75, 3.05) is 19.8 Å². The molecular weight excluding hydrogens is 352 g/mol. The van der Waals surface area contributed by atoms with Crippen LogP contribution in [0, 0.1) is 0 Å². The number of ether oxygens (including phenoxy) is 1. The maximum Gasteiger partial charge on any atom is 0.252 e. The minimum atomic E-state index is -0.348. The van der Waals surface area contributed by atoms with Gasteiger partial charge in [0.2, 0.25) is 0 Å². The summed E-state index contributed by atoms with van der Waals surface area (Å²) < 4.78 is 5.79. The lowest BCUT2D eigenvalue weighted by Crippen LogP contribution is -2.30. The van der Waals surface area contributed by atoms with Gasteiger partial charge >= 0.3 is 0 Å². The quantitative estimate of drug-likeness (QED) is 0.668. The van der Waals surface area contributed by atoms with Crippen LogP contribution < -0.4 is 5.32 Å². The molecule has 1 atom stereocenters. The third-order valence-corrected chi connectivity index (χ3v) is 3.95. The number of nitrogens with one attached hydrogen (secondary N) is 1. The zero-order valence-corrected chi connectivity index (χ0v) is 15.0. The van der Waals surface area contributed by atoms with E-state index in [1.54, 1.807) is 18.3 Å². The summed E-state index contributed by atoms with van der Waals surface area (Å²) in [5.74, 6) is -0.203. The van der Waals surface area contributed by atoms with Gasteiger partial charge in [-0.2, -0.15) is 0 Å². The van der Waals surface area contributed by atoms with Crippen molar-refractivity contribution in [1.29, 1.82) is 0 Å². The van der Waals surface area contributed by atoms with Crippen molar-refractivity contribution < 1.29 is 14.6 Å². The van der Waals surface area contributed by atoms with Gasteiger partial charge in [-0.1, -0.05) is 42.5 Å². The second-order valence-corrected chi connectivity index (χ2v) is 5.60. The first-order chi connectivity index (χ1) is 12.3. The number of amides is 1. The molecule has 1 amide bonds. The lowest BCUT2D eigenvalue weighted by Gasteiger charge is -2.20. The Labute approximate surface area is 158 Å². The van der Waals surface area contributed by atoms with E-state index in [1.807, 2.05) is 42.5 Å². The molecule has 1 aromatic heterocycles. The maximum atomic E-state index is 12.3. The molecule has 0 radical (unpaired) electrons. The maximum absolute atomic E-state index is 12.3. The smallest absolute Gasteiger partial charge is 0.252 e. The van der Waals surface area contributed by atoms with Crippen LogP contribution in [0.1, 0.15) is 22.0 Å². The van der Waals surface area contributed by atoms with Crippen LogP contribution in [-0.2, 0) is 4.74 Å². The molecular formula is C20H21ClN2O3. The molecule has 3 aromatic rings. The largest absolute Gasteiger partial charge is 0.394 e. The number of aliphatic hydroxyl groups is 1. The first-order valence-electron chi connectivity index (χ1n) is 8.18. The zero-order chi connectivity index (χ0) is 17.5. The van der Waals surface area contributed by atoms with Gasteiger partial charge in [0.25, 0.3) is 5.91 Å². The normalized spacial score (nSPS) is 11.6. The molecule has 0 bridgehead atoms. The Bertz CT molecular complexity index is 837. The molecule has 2 N–H and O–H groups in total. The van der Waals surface area contributed by atoms with Crippen molar-refractivity contribution in [2.24, 2.45) is 0 Å². The van der Waals surface area contributed by atoms with Crippen LogP contribution in [-0.4, -0.2) is 35.8 Å². The van der Waals surface area contributed by atoms with E-state index in [0.29, 0.717) is 12.1 Å². The fourth-order valence-electron chi connectivity index (χ4n) is 2.77. The fourth-order valence-corrected chi connectivity index (χ4v) is 2.77. The van der Waals surface area contributed by atoms with Crippen molar-refractivity contribution in [3.05, 3.63) is 78.1 Å². The minimum Gasteiger partial charge on any atom is -0.394 e. The van der Waals surface area contributed by atoms with Crippen molar-refractivity contribution in [1.82, 2.24) is 10.3 Å². The van der Waals surface area contributed by atoms with Gasteiger partial charge in [0, 0.05) is 18.9 Å². The van der Waals surface area contributed by atoms with Gasteiger partial charge in [-0.25, -0.2) is 0 Å². The summed E-state index contributed by atoms with van der Waals surface area (Å²) >= 11 is 0. The first kappa shape index (κ1) is 19.8. The van der Waals surface area contributed by atoms with Gasteiger partial charge in [0.1, 0.15) is 6.10 Å². The van der Waals surface area contributed by atoms with E-state index in [2.05, 4.69) is 10.3 Å². The summed E-state index contributed by atoms with van der Waals surface area (Å²) in [5, 5.41) is 14.2. The Balaban J connectivity index is 0.00000243. The highest BCUT2D eigenvalue weighted by Crippen LogP contribution is 2.26. The van der Waals surface area contributed by atoms with E-state index in [9.17, 15) is 4.79 Å². The van der Waals surface area contributed by atoms with Crippen molar-refractivity contribution in [2.45, 2.75) is 6.10 Å². The molecule has 5 nitrogen and oxygen atoms in total. The molecule has 26 heavy (non-hydrogen) atoms. The number of halogens is 1. The number of rotatable bonds is 7. The highest BCUT2D eigenvalue weighted by Gasteiger charge is 2.16. The van der Waals surface area contributed by atoms with Gasteiger partial charge in [-0.15, -0.1) is 12.4 Å².